The molecular formula is C17H16O5. The Balaban J connectivity index is 1.86. The van der Waals surface area contributed by atoms with Gasteiger partial charge in [-0.3, -0.25) is 0 Å². The average molecular weight is 300 g/mol. The number of hydrogen-bond donors (Lipinski definition) is 3. The molecule has 2 aromatic rings. The number of esters is 1. The third-order valence-corrected chi connectivity index (χ3v) is 3.90. The Kier molecular flexibility index (Phi) is 3.73. The summed E-state index contributed by atoms with van der Waals surface area (Å²) in [6.07, 6.45) is -1.27. The number of ether oxygens (including phenoxy) is 1. The van der Waals surface area contributed by atoms with Crippen molar-refractivity contribution in [2.45, 2.75) is 24.5 Å². The Morgan fingerprint density at radius 3 is 2.05 bits per heavy atom. The number of aliphatic hydroxyl groups excluding tert-OH is 1. The maximum absolute atomic E-state index is 11.7. The van der Waals surface area contributed by atoms with Crippen molar-refractivity contribution >= 4 is 5.97 Å². The highest BCUT2D eigenvalue weighted by Crippen LogP contribution is 2.35. The van der Waals surface area contributed by atoms with Crippen LogP contribution in [-0.2, 0) is 16.0 Å². The zero-order valence-electron chi connectivity index (χ0n) is 11.7. The maximum atomic E-state index is 11.7. The van der Waals surface area contributed by atoms with E-state index in [1.54, 1.807) is 36.4 Å². The van der Waals surface area contributed by atoms with Gasteiger partial charge in [0.1, 0.15) is 17.6 Å². The lowest BCUT2D eigenvalue weighted by Crippen LogP contribution is -2.24. The highest BCUT2D eigenvalue weighted by Gasteiger charge is 2.44. The summed E-state index contributed by atoms with van der Waals surface area (Å²) >= 11 is 0. The van der Waals surface area contributed by atoms with Crippen LogP contribution in [-0.4, -0.2) is 33.5 Å². The van der Waals surface area contributed by atoms with Crippen LogP contribution >= 0.6 is 0 Å². The molecule has 1 saturated heterocycles. The number of aliphatic hydroxyl groups is 1. The lowest BCUT2D eigenvalue weighted by atomic mass is 9.87. The number of carbonyl (C=O) groups excluding carboxylic acids is 1. The van der Waals surface area contributed by atoms with Crippen LogP contribution in [0.5, 0.6) is 11.5 Å². The van der Waals surface area contributed by atoms with E-state index >= 15 is 0 Å². The molecule has 1 aliphatic heterocycles. The normalized spacial score (nSPS) is 24.2. The van der Waals surface area contributed by atoms with Crippen LogP contribution in [0.15, 0.2) is 48.5 Å². The Labute approximate surface area is 127 Å². The van der Waals surface area contributed by atoms with Gasteiger partial charge in [-0.15, -0.1) is 0 Å². The number of phenolic OH excluding ortho intramolecular Hbond substituents is 2. The maximum Gasteiger partial charge on any atom is 0.336 e. The van der Waals surface area contributed by atoms with Crippen molar-refractivity contribution in [3.05, 3.63) is 59.7 Å². The molecule has 1 fully saturated rings. The molecule has 3 rings (SSSR count). The number of rotatable bonds is 3. The van der Waals surface area contributed by atoms with Crippen LogP contribution in [0.25, 0.3) is 0 Å². The van der Waals surface area contributed by atoms with Gasteiger partial charge in [-0.2, -0.15) is 0 Å². The topological polar surface area (TPSA) is 87.0 Å². The van der Waals surface area contributed by atoms with E-state index in [4.69, 9.17) is 4.74 Å². The first kappa shape index (κ1) is 14.4. The second kappa shape index (κ2) is 5.69. The molecule has 3 unspecified atom stereocenters. The fraction of sp³-hybridized carbons (Fsp3) is 0.235. The summed E-state index contributed by atoms with van der Waals surface area (Å²) in [5, 5.41) is 28.8. The molecule has 22 heavy (non-hydrogen) atoms. The molecule has 0 radical (unpaired) electrons. The first-order valence-electron chi connectivity index (χ1n) is 7.00. The number of carbonyl (C=O) groups is 1. The van der Waals surface area contributed by atoms with E-state index in [-0.39, 0.29) is 11.5 Å². The number of aromatic hydroxyl groups is 2. The number of cyclic esters (lactones) is 1. The Morgan fingerprint density at radius 1 is 0.909 bits per heavy atom. The molecule has 114 valence electrons. The third-order valence-electron chi connectivity index (χ3n) is 3.90. The second-order valence-electron chi connectivity index (χ2n) is 5.41. The monoisotopic (exact) mass is 300 g/mol. The number of hydrogen-bond acceptors (Lipinski definition) is 5. The van der Waals surface area contributed by atoms with E-state index in [2.05, 4.69) is 0 Å². The second-order valence-corrected chi connectivity index (χ2v) is 5.41. The molecule has 2 aromatic carbocycles. The lowest BCUT2D eigenvalue weighted by Gasteiger charge is -2.19. The van der Waals surface area contributed by atoms with Gasteiger partial charge in [0, 0.05) is 6.42 Å². The molecule has 0 bridgehead atoms. The van der Waals surface area contributed by atoms with Gasteiger partial charge >= 0.3 is 5.97 Å². The van der Waals surface area contributed by atoms with E-state index in [1.165, 1.54) is 12.1 Å². The van der Waals surface area contributed by atoms with Gasteiger partial charge in [-0.25, -0.2) is 4.79 Å². The van der Waals surface area contributed by atoms with Gasteiger partial charge in [-0.1, -0.05) is 24.3 Å². The van der Waals surface area contributed by atoms with Crippen molar-refractivity contribution in [2.24, 2.45) is 0 Å². The minimum Gasteiger partial charge on any atom is -0.508 e. The van der Waals surface area contributed by atoms with Crippen molar-refractivity contribution in [1.82, 2.24) is 0 Å². The van der Waals surface area contributed by atoms with E-state index in [0.717, 1.165) is 11.1 Å². The smallest absolute Gasteiger partial charge is 0.336 e. The van der Waals surface area contributed by atoms with E-state index < -0.39 is 24.1 Å². The Morgan fingerprint density at radius 2 is 1.45 bits per heavy atom. The summed E-state index contributed by atoms with van der Waals surface area (Å²) in [5.74, 6) is -0.829. The summed E-state index contributed by atoms with van der Waals surface area (Å²) < 4.78 is 5.29. The van der Waals surface area contributed by atoms with Crippen molar-refractivity contribution in [3.8, 4) is 11.5 Å². The molecule has 5 heteroatoms. The minimum atomic E-state index is -1.22. The van der Waals surface area contributed by atoms with Crippen LogP contribution in [0.4, 0.5) is 0 Å². The van der Waals surface area contributed by atoms with Crippen LogP contribution in [0.2, 0.25) is 0 Å². The lowest BCUT2D eigenvalue weighted by molar-refractivity contribution is -0.147. The Bertz CT molecular complexity index is 662. The quantitative estimate of drug-likeness (QED) is 0.751. The molecular weight excluding hydrogens is 284 g/mol. The largest absolute Gasteiger partial charge is 0.508 e. The van der Waals surface area contributed by atoms with Gasteiger partial charge in [-0.05, 0) is 35.4 Å². The fourth-order valence-electron chi connectivity index (χ4n) is 2.77. The molecule has 0 aliphatic carbocycles. The van der Waals surface area contributed by atoms with Gasteiger partial charge in [0.05, 0.1) is 5.92 Å². The van der Waals surface area contributed by atoms with Crippen LogP contribution < -0.4 is 0 Å². The molecule has 1 heterocycles. The summed E-state index contributed by atoms with van der Waals surface area (Å²) in [4.78, 5) is 11.7. The zero-order chi connectivity index (χ0) is 15.7. The fourth-order valence-corrected chi connectivity index (χ4v) is 2.77. The van der Waals surface area contributed by atoms with E-state index in [0.29, 0.717) is 6.42 Å². The molecule has 3 N–H and O–H groups in total. The first-order chi connectivity index (χ1) is 10.5. The molecule has 0 spiro atoms. The predicted molar refractivity (Wildman–Crippen MR) is 78.5 cm³/mol. The molecule has 0 saturated carbocycles. The van der Waals surface area contributed by atoms with E-state index in [1.807, 2.05) is 0 Å². The van der Waals surface area contributed by atoms with Gasteiger partial charge < -0.3 is 20.1 Å². The third kappa shape index (κ3) is 2.76. The molecule has 3 atom stereocenters. The van der Waals surface area contributed by atoms with Gasteiger partial charge in [0.25, 0.3) is 0 Å². The molecule has 1 aliphatic rings. The summed E-state index contributed by atoms with van der Waals surface area (Å²) in [6, 6.07) is 13.0. The highest BCUT2D eigenvalue weighted by atomic mass is 16.6. The Hall–Kier alpha value is -2.53. The van der Waals surface area contributed by atoms with Crippen molar-refractivity contribution in [3.63, 3.8) is 0 Å². The zero-order valence-corrected chi connectivity index (χ0v) is 11.7. The highest BCUT2D eigenvalue weighted by molar-refractivity contribution is 5.78. The average Bonchev–Trinajstić information content (AvgIpc) is 2.77. The SMILES string of the molecule is O=C1OC(Cc2ccc(O)cc2)C(c2ccc(O)cc2)C1O. The summed E-state index contributed by atoms with van der Waals surface area (Å²) in [5.41, 5.74) is 1.63. The van der Waals surface area contributed by atoms with Crippen molar-refractivity contribution < 1.29 is 24.9 Å². The van der Waals surface area contributed by atoms with Gasteiger partial charge in [0.2, 0.25) is 0 Å². The standard InChI is InChI=1S/C17H16O5/c18-12-5-1-10(2-6-12)9-14-15(16(20)17(21)22-14)11-3-7-13(19)8-4-11/h1-8,14-16,18-20H,9H2. The minimum absolute atomic E-state index is 0.124. The van der Waals surface area contributed by atoms with E-state index in [9.17, 15) is 20.1 Å². The van der Waals surface area contributed by atoms with Crippen molar-refractivity contribution in [1.29, 1.82) is 0 Å². The van der Waals surface area contributed by atoms with Gasteiger partial charge in [0.15, 0.2) is 6.10 Å². The molecule has 0 amide bonds. The molecule has 0 aromatic heterocycles. The van der Waals surface area contributed by atoms with Crippen LogP contribution in [0, 0.1) is 0 Å². The van der Waals surface area contributed by atoms with Crippen LogP contribution in [0.3, 0.4) is 0 Å². The number of benzene rings is 2. The van der Waals surface area contributed by atoms with Crippen molar-refractivity contribution in [2.75, 3.05) is 0 Å². The summed E-state index contributed by atoms with van der Waals surface area (Å²) in [7, 11) is 0. The number of phenols is 2. The molecule has 5 nitrogen and oxygen atoms in total. The first-order valence-corrected chi connectivity index (χ1v) is 7.00. The predicted octanol–water partition coefficient (Wildman–Crippen LogP) is 1.71. The van der Waals surface area contributed by atoms with Crippen LogP contribution in [0.1, 0.15) is 17.0 Å². The summed E-state index contributed by atoms with van der Waals surface area (Å²) in [6.45, 7) is 0.